The van der Waals surface area contributed by atoms with Crippen molar-refractivity contribution in [3.8, 4) is 5.75 Å². The summed E-state index contributed by atoms with van der Waals surface area (Å²) in [6.07, 6.45) is -3.21. The molecule has 1 N–H and O–H groups in total. The molecule has 2 aromatic carbocycles. The van der Waals surface area contributed by atoms with E-state index in [1.165, 1.54) is 12.1 Å². The van der Waals surface area contributed by atoms with Crippen molar-refractivity contribution in [2.75, 3.05) is 26.4 Å². The third-order valence-electron chi connectivity index (χ3n) is 5.02. The van der Waals surface area contributed by atoms with Gasteiger partial charge in [0.2, 0.25) is 5.91 Å². The molecule has 0 radical (unpaired) electrons. The maximum absolute atomic E-state index is 13.0. The second kappa shape index (κ2) is 9.17. The van der Waals surface area contributed by atoms with Crippen molar-refractivity contribution in [3.63, 3.8) is 0 Å². The summed E-state index contributed by atoms with van der Waals surface area (Å²) in [6, 6.07) is 12.2. The predicted molar refractivity (Wildman–Crippen MR) is 106 cm³/mol. The fourth-order valence-electron chi connectivity index (χ4n) is 3.38. The highest BCUT2D eigenvalue weighted by Crippen LogP contribution is 2.36. The fraction of sp³-hybridized carbons (Fsp3) is 0.381. The van der Waals surface area contributed by atoms with E-state index in [0.29, 0.717) is 31.8 Å². The van der Waals surface area contributed by atoms with E-state index in [2.05, 4.69) is 21.2 Å². The molecular weight excluding hydrogens is 451 g/mol. The van der Waals surface area contributed by atoms with Crippen LogP contribution in [0.1, 0.15) is 24.0 Å². The van der Waals surface area contributed by atoms with E-state index >= 15 is 0 Å². The monoisotopic (exact) mass is 471 g/mol. The second-order valence-corrected chi connectivity index (χ2v) is 7.74. The van der Waals surface area contributed by atoms with Crippen LogP contribution < -0.4 is 10.1 Å². The van der Waals surface area contributed by atoms with Gasteiger partial charge in [-0.1, -0.05) is 28.1 Å². The Morgan fingerprint density at radius 1 is 1.07 bits per heavy atom. The summed E-state index contributed by atoms with van der Waals surface area (Å²) in [4.78, 5) is 13.0. The third-order valence-corrected chi connectivity index (χ3v) is 5.54. The lowest BCUT2D eigenvalue weighted by Crippen LogP contribution is -2.48. The van der Waals surface area contributed by atoms with Crippen LogP contribution in [-0.4, -0.2) is 32.3 Å². The first kappa shape index (κ1) is 21.6. The Hall–Kier alpha value is -2.06. The minimum Gasteiger partial charge on any atom is -0.492 e. The van der Waals surface area contributed by atoms with Gasteiger partial charge < -0.3 is 14.8 Å². The molecule has 4 nitrogen and oxygen atoms in total. The molecule has 0 unspecified atom stereocenters. The van der Waals surface area contributed by atoms with Gasteiger partial charge in [-0.15, -0.1) is 0 Å². The molecule has 0 aliphatic carbocycles. The zero-order chi connectivity index (χ0) is 20.9. The van der Waals surface area contributed by atoms with E-state index in [-0.39, 0.29) is 19.1 Å². The molecule has 1 aliphatic rings. The molecule has 1 heterocycles. The van der Waals surface area contributed by atoms with Crippen molar-refractivity contribution in [1.82, 2.24) is 5.32 Å². The van der Waals surface area contributed by atoms with Gasteiger partial charge >= 0.3 is 6.18 Å². The number of halogens is 4. The Labute approximate surface area is 175 Å². The number of amides is 1. The molecule has 0 aromatic heterocycles. The zero-order valence-corrected chi connectivity index (χ0v) is 17.2. The quantitative estimate of drug-likeness (QED) is 0.620. The molecule has 8 heteroatoms. The number of carbonyl (C=O) groups excluding carboxylic acids is 1. The van der Waals surface area contributed by atoms with Crippen molar-refractivity contribution in [2.45, 2.75) is 24.4 Å². The van der Waals surface area contributed by atoms with Gasteiger partial charge in [-0.3, -0.25) is 4.79 Å². The number of rotatable bonds is 6. The minimum absolute atomic E-state index is 0.0980. The first-order valence-corrected chi connectivity index (χ1v) is 10.0. The Kier molecular flexibility index (Phi) is 6.85. The molecule has 0 bridgehead atoms. The molecule has 29 heavy (non-hydrogen) atoms. The van der Waals surface area contributed by atoms with Gasteiger partial charge in [0.15, 0.2) is 0 Å². The highest BCUT2D eigenvalue weighted by Gasteiger charge is 2.41. The van der Waals surface area contributed by atoms with Crippen LogP contribution in [0, 0.1) is 0 Å². The van der Waals surface area contributed by atoms with Crippen LogP contribution in [-0.2, 0) is 21.1 Å². The number of alkyl halides is 3. The number of carbonyl (C=O) groups is 1. The minimum atomic E-state index is -4.38. The molecule has 0 saturated carbocycles. The van der Waals surface area contributed by atoms with Gasteiger partial charge in [-0.2, -0.15) is 13.2 Å². The van der Waals surface area contributed by atoms with Gasteiger partial charge in [0.1, 0.15) is 12.4 Å². The van der Waals surface area contributed by atoms with E-state index in [1.54, 1.807) is 0 Å². The summed E-state index contributed by atoms with van der Waals surface area (Å²) < 4.78 is 49.6. The SMILES string of the molecule is O=C(NCCOc1ccc(C(F)(F)F)cc1)C1(c2ccc(Br)cc2)CCOCC1. The number of ether oxygens (including phenoxy) is 2. The van der Waals surface area contributed by atoms with Gasteiger partial charge in [0, 0.05) is 17.7 Å². The molecule has 0 spiro atoms. The van der Waals surface area contributed by atoms with E-state index in [0.717, 1.165) is 22.2 Å². The van der Waals surface area contributed by atoms with Crippen LogP contribution in [0.25, 0.3) is 0 Å². The maximum Gasteiger partial charge on any atom is 0.416 e. The van der Waals surface area contributed by atoms with Crippen LogP contribution >= 0.6 is 15.9 Å². The smallest absolute Gasteiger partial charge is 0.416 e. The Bertz CT molecular complexity index is 817. The summed E-state index contributed by atoms with van der Waals surface area (Å²) in [5, 5.41) is 2.90. The molecule has 156 valence electrons. The largest absolute Gasteiger partial charge is 0.492 e. The first-order chi connectivity index (χ1) is 13.8. The first-order valence-electron chi connectivity index (χ1n) is 9.23. The van der Waals surface area contributed by atoms with Gasteiger partial charge in [0.05, 0.1) is 17.5 Å². The lowest BCUT2D eigenvalue weighted by atomic mass is 9.73. The Balaban J connectivity index is 1.57. The van der Waals surface area contributed by atoms with Crippen molar-refractivity contribution < 1.29 is 27.4 Å². The molecule has 3 rings (SSSR count). The standard InChI is InChI=1S/C21H21BrF3NO3/c22-17-5-1-15(2-6-17)20(9-12-28-13-10-20)19(27)26-11-14-29-18-7-3-16(4-8-18)21(23,24)25/h1-8H,9-14H2,(H,26,27). The summed E-state index contributed by atoms with van der Waals surface area (Å²) in [5.74, 6) is 0.222. The highest BCUT2D eigenvalue weighted by molar-refractivity contribution is 9.10. The topological polar surface area (TPSA) is 47.6 Å². The Morgan fingerprint density at radius 2 is 1.69 bits per heavy atom. The van der Waals surface area contributed by atoms with Crippen molar-refractivity contribution >= 4 is 21.8 Å². The summed E-state index contributed by atoms with van der Waals surface area (Å²) in [5.41, 5.74) is -0.452. The van der Waals surface area contributed by atoms with Crippen LogP contribution in [0.3, 0.4) is 0 Å². The van der Waals surface area contributed by atoms with E-state index < -0.39 is 17.2 Å². The third kappa shape index (κ3) is 5.30. The number of hydrogen-bond donors (Lipinski definition) is 1. The van der Waals surface area contributed by atoms with Crippen LogP contribution in [0.5, 0.6) is 5.75 Å². The van der Waals surface area contributed by atoms with E-state index in [1.807, 2.05) is 24.3 Å². The fourth-order valence-corrected chi connectivity index (χ4v) is 3.64. The summed E-state index contributed by atoms with van der Waals surface area (Å²) >= 11 is 3.41. The van der Waals surface area contributed by atoms with Crippen LogP contribution in [0.2, 0.25) is 0 Å². The van der Waals surface area contributed by atoms with Gasteiger partial charge in [0.25, 0.3) is 0 Å². The average molecular weight is 472 g/mol. The molecule has 1 aliphatic heterocycles. The molecule has 1 amide bonds. The Morgan fingerprint density at radius 3 is 2.28 bits per heavy atom. The van der Waals surface area contributed by atoms with Crippen LogP contribution in [0.4, 0.5) is 13.2 Å². The predicted octanol–water partition coefficient (Wildman–Crippen LogP) is 4.71. The van der Waals surface area contributed by atoms with Crippen molar-refractivity contribution in [1.29, 1.82) is 0 Å². The molecule has 1 fully saturated rings. The number of hydrogen-bond acceptors (Lipinski definition) is 3. The van der Waals surface area contributed by atoms with E-state index in [9.17, 15) is 18.0 Å². The van der Waals surface area contributed by atoms with E-state index in [4.69, 9.17) is 9.47 Å². The van der Waals surface area contributed by atoms with Crippen LogP contribution in [0.15, 0.2) is 53.0 Å². The zero-order valence-electron chi connectivity index (χ0n) is 15.6. The summed E-state index contributed by atoms with van der Waals surface area (Å²) in [6.45, 7) is 1.42. The normalized spacial score (nSPS) is 16.3. The second-order valence-electron chi connectivity index (χ2n) is 6.83. The van der Waals surface area contributed by atoms with Crippen molar-refractivity contribution in [2.24, 2.45) is 0 Å². The lowest BCUT2D eigenvalue weighted by molar-refractivity contribution is -0.137. The molecular formula is C21H21BrF3NO3. The molecule has 1 saturated heterocycles. The lowest BCUT2D eigenvalue weighted by Gasteiger charge is -2.36. The number of nitrogens with one attached hydrogen (secondary N) is 1. The highest BCUT2D eigenvalue weighted by atomic mass is 79.9. The average Bonchev–Trinajstić information content (AvgIpc) is 2.71. The molecule has 0 atom stereocenters. The maximum atomic E-state index is 13.0. The molecule has 2 aromatic rings. The van der Waals surface area contributed by atoms with Crippen molar-refractivity contribution in [3.05, 3.63) is 64.1 Å². The van der Waals surface area contributed by atoms with Gasteiger partial charge in [-0.25, -0.2) is 0 Å². The number of benzene rings is 2. The van der Waals surface area contributed by atoms with Gasteiger partial charge in [-0.05, 0) is 54.8 Å². The summed E-state index contributed by atoms with van der Waals surface area (Å²) in [7, 11) is 0.